The van der Waals surface area contributed by atoms with Gasteiger partial charge in [0.2, 0.25) is 0 Å². The van der Waals surface area contributed by atoms with Crippen LogP contribution in [0.3, 0.4) is 0 Å². The standard InChI is InChI=1S/C13H24N2O/c1-4-7-14-9-11(3)15-10-12-6-8-16-13(12)5-2/h6,8,11,14-15H,4-5,7,9-10H2,1-3H3. The fraction of sp³-hybridized carbons (Fsp3) is 0.692. The summed E-state index contributed by atoms with van der Waals surface area (Å²) in [6.07, 6.45) is 3.93. The van der Waals surface area contributed by atoms with E-state index in [-0.39, 0.29) is 0 Å². The Kier molecular flexibility index (Phi) is 6.19. The molecule has 3 nitrogen and oxygen atoms in total. The minimum atomic E-state index is 0.492. The molecule has 0 aliphatic rings. The van der Waals surface area contributed by atoms with Gasteiger partial charge >= 0.3 is 0 Å². The molecule has 0 saturated heterocycles. The maximum absolute atomic E-state index is 5.39. The molecule has 0 amide bonds. The van der Waals surface area contributed by atoms with Crippen molar-refractivity contribution in [2.24, 2.45) is 0 Å². The number of hydrogen-bond acceptors (Lipinski definition) is 3. The van der Waals surface area contributed by atoms with Gasteiger partial charge in [0.15, 0.2) is 0 Å². The lowest BCUT2D eigenvalue weighted by Crippen LogP contribution is -2.36. The third-order valence-corrected chi connectivity index (χ3v) is 2.68. The Balaban J connectivity index is 2.23. The van der Waals surface area contributed by atoms with Crippen molar-refractivity contribution < 1.29 is 4.42 Å². The van der Waals surface area contributed by atoms with Crippen molar-refractivity contribution in [3.05, 3.63) is 23.7 Å². The van der Waals surface area contributed by atoms with Crippen LogP contribution < -0.4 is 10.6 Å². The van der Waals surface area contributed by atoms with E-state index in [1.165, 1.54) is 12.0 Å². The summed E-state index contributed by atoms with van der Waals surface area (Å²) in [4.78, 5) is 0. The van der Waals surface area contributed by atoms with Gasteiger partial charge in [0.05, 0.1) is 6.26 Å². The first-order valence-corrected chi connectivity index (χ1v) is 6.27. The largest absolute Gasteiger partial charge is 0.469 e. The van der Waals surface area contributed by atoms with Crippen LogP contribution in [-0.4, -0.2) is 19.1 Å². The van der Waals surface area contributed by atoms with Crippen LogP contribution in [0.1, 0.15) is 38.5 Å². The van der Waals surface area contributed by atoms with E-state index < -0.39 is 0 Å². The van der Waals surface area contributed by atoms with Crippen molar-refractivity contribution in [2.75, 3.05) is 13.1 Å². The first-order chi connectivity index (χ1) is 7.77. The summed E-state index contributed by atoms with van der Waals surface area (Å²) < 4.78 is 5.39. The Hall–Kier alpha value is -0.800. The van der Waals surface area contributed by atoms with Crippen molar-refractivity contribution in [2.45, 2.75) is 46.2 Å². The van der Waals surface area contributed by atoms with Crippen LogP contribution in [0.4, 0.5) is 0 Å². The molecule has 1 aromatic heterocycles. The SMILES string of the molecule is CCCNCC(C)NCc1ccoc1CC. The van der Waals surface area contributed by atoms with Crippen LogP contribution in [-0.2, 0) is 13.0 Å². The third kappa shape index (κ3) is 4.37. The zero-order chi connectivity index (χ0) is 11.8. The van der Waals surface area contributed by atoms with Crippen molar-refractivity contribution in [1.29, 1.82) is 0 Å². The number of hydrogen-bond donors (Lipinski definition) is 2. The molecule has 0 spiro atoms. The Morgan fingerprint density at radius 2 is 2.19 bits per heavy atom. The van der Waals surface area contributed by atoms with Gasteiger partial charge in [0, 0.05) is 31.1 Å². The van der Waals surface area contributed by atoms with Crippen LogP contribution in [0, 0.1) is 0 Å². The van der Waals surface area contributed by atoms with E-state index in [0.717, 1.165) is 31.8 Å². The maximum Gasteiger partial charge on any atom is 0.107 e. The molecule has 92 valence electrons. The Bertz CT molecular complexity index is 283. The van der Waals surface area contributed by atoms with E-state index in [2.05, 4.69) is 37.5 Å². The predicted octanol–water partition coefficient (Wildman–Crippen LogP) is 2.32. The first kappa shape index (κ1) is 13.3. The summed E-state index contributed by atoms with van der Waals surface area (Å²) in [5.41, 5.74) is 1.28. The second kappa shape index (κ2) is 7.47. The van der Waals surface area contributed by atoms with Crippen molar-refractivity contribution in [3.8, 4) is 0 Å². The number of aryl methyl sites for hydroxylation is 1. The van der Waals surface area contributed by atoms with Gasteiger partial charge in [-0.05, 0) is 26.0 Å². The third-order valence-electron chi connectivity index (χ3n) is 2.68. The Morgan fingerprint density at radius 3 is 2.88 bits per heavy atom. The van der Waals surface area contributed by atoms with Crippen LogP contribution in [0.5, 0.6) is 0 Å². The molecule has 2 N–H and O–H groups in total. The summed E-state index contributed by atoms with van der Waals surface area (Å²) >= 11 is 0. The van der Waals surface area contributed by atoms with E-state index in [9.17, 15) is 0 Å². The molecule has 1 unspecified atom stereocenters. The topological polar surface area (TPSA) is 37.2 Å². The van der Waals surface area contributed by atoms with Crippen LogP contribution in [0.15, 0.2) is 16.7 Å². The molecule has 0 fully saturated rings. The lowest BCUT2D eigenvalue weighted by Gasteiger charge is -2.14. The van der Waals surface area contributed by atoms with E-state index in [0.29, 0.717) is 6.04 Å². The van der Waals surface area contributed by atoms with Gasteiger partial charge < -0.3 is 15.1 Å². The minimum Gasteiger partial charge on any atom is -0.469 e. The van der Waals surface area contributed by atoms with Crippen LogP contribution >= 0.6 is 0 Å². The smallest absolute Gasteiger partial charge is 0.107 e. The van der Waals surface area contributed by atoms with E-state index in [1.807, 2.05) is 0 Å². The highest BCUT2D eigenvalue weighted by Gasteiger charge is 2.05. The van der Waals surface area contributed by atoms with E-state index in [4.69, 9.17) is 4.42 Å². The lowest BCUT2D eigenvalue weighted by atomic mass is 10.2. The average Bonchev–Trinajstić information content (AvgIpc) is 2.74. The molecule has 0 saturated carbocycles. The summed E-state index contributed by atoms with van der Waals surface area (Å²) in [5, 5.41) is 6.90. The molecular formula is C13H24N2O. The molecule has 3 heteroatoms. The predicted molar refractivity (Wildman–Crippen MR) is 67.5 cm³/mol. The molecule has 0 aromatic carbocycles. The molecule has 0 radical (unpaired) electrons. The van der Waals surface area contributed by atoms with Gasteiger partial charge in [-0.25, -0.2) is 0 Å². The summed E-state index contributed by atoms with van der Waals surface area (Å²) in [5.74, 6) is 1.10. The molecule has 1 rings (SSSR count). The zero-order valence-electron chi connectivity index (χ0n) is 10.7. The highest BCUT2D eigenvalue weighted by molar-refractivity contribution is 5.16. The highest BCUT2D eigenvalue weighted by Crippen LogP contribution is 2.10. The van der Waals surface area contributed by atoms with Crippen LogP contribution in [0.2, 0.25) is 0 Å². The fourth-order valence-electron chi connectivity index (χ4n) is 1.69. The lowest BCUT2D eigenvalue weighted by molar-refractivity contribution is 0.484. The van der Waals surface area contributed by atoms with Gasteiger partial charge in [-0.15, -0.1) is 0 Å². The highest BCUT2D eigenvalue weighted by atomic mass is 16.3. The molecule has 0 aliphatic heterocycles. The Labute approximate surface area is 98.6 Å². The number of furan rings is 1. The minimum absolute atomic E-state index is 0.492. The summed E-state index contributed by atoms with van der Waals surface area (Å²) in [6.45, 7) is 9.52. The van der Waals surface area contributed by atoms with Gasteiger partial charge in [-0.2, -0.15) is 0 Å². The second-order valence-corrected chi connectivity index (χ2v) is 4.21. The first-order valence-electron chi connectivity index (χ1n) is 6.27. The van der Waals surface area contributed by atoms with Gasteiger partial charge in [0.25, 0.3) is 0 Å². The molecule has 1 atom stereocenters. The molecule has 0 aliphatic carbocycles. The molecular weight excluding hydrogens is 200 g/mol. The zero-order valence-corrected chi connectivity index (χ0v) is 10.7. The average molecular weight is 224 g/mol. The molecule has 0 bridgehead atoms. The normalized spacial score (nSPS) is 12.9. The van der Waals surface area contributed by atoms with Gasteiger partial charge in [-0.3, -0.25) is 0 Å². The number of rotatable bonds is 8. The van der Waals surface area contributed by atoms with Crippen molar-refractivity contribution >= 4 is 0 Å². The summed E-state index contributed by atoms with van der Waals surface area (Å²) in [6, 6.07) is 2.55. The molecule has 1 aromatic rings. The monoisotopic (exact) mass is 224 g/mol. The van der Waals surface area contributed by atoms with Crippen molar-refractivity contribution in [3.63, 3.8) is 0 Å². The van der Waals surface area contributed by atoms with Gasteiger partial charge in [0.1, 0.15) is 5.76 Å². The quantitative estimate of drug-likeness (QED) is 0.665. The maximum atomic E-state index is 5.39. The fourth-order valence-corrected chi connectivity index (χ4v) is 1.69. The molecule has 1 heterocycles. The van der Waals surface area contributed by atoms with Crippen molar-refractivity contribution in [1.82, 2.24) is 10.6 Å². The van der Waals surface area contributed by atoms with Gasteiger partial charge in [-0.1, -0.05) is 13.8 Å². The van der Waals surface area contributed by atoms with E-state index in [1.54, 1.807) is 6.26 Å². The number of nitrogens with one attached hydrogen (secondary N) is 2. The summed E-state index contributed by atoms with van der Waals surface area (Å²) in [7, 11) is 0. The van der Waals surface area contributed by atoms with Crippen LogP contribution in [0.25, 0.3) is 0 Å². The second-order valence-electron chi connectivity index (χ2n) is 4.21. The Morgan fingerprint density at radius 1 is 1.38 bits per heavy atom. The molecule has 16 heavy (non-hydrogen) atoms. The van der Waals surface area contributed by atoms with E-state index >= 15 is 0 Å².